The highest BCUT2D eigenvalue weighted by Gasteiger charge is 2.41. The first-order valence-corrected chi connectivity index (χ1v) is 12.0. The van der Waals surface area contributed by atoms with Gasteiger partial charge in [-0.3, -0.25) is 14.6 Å². The lowest BCUT2D eigenvalue weighted by Gasteiger charge is -2.29. The number of nitrogens with one attached hydrogen (secondary N) is 1. The van der Waals surface area contributed by atoms with Gasteiger partial charge in [0.2, 0.25) is 5.91 Å². The third-order valence-corrected chi connectivity index (χ3v) is 6.84. The van der Waals surface area contributed by atoms with Crippen LogP contribution in [0.5, 0.6) is 11.5 Å². The standard InChI is InChI=1S/C24H31N3O4S/c1-4-5-6-10-22-27(24(29)17-11-12-20(30-2)21(14-17)31-3)19(16-32-22)23(28)26-15-18-9-7-8-13-25-18/h7-9,11-14,19,22H,4-6,10,15-16H2,1-3H3,(H,26,28). The van der Waals surface area contributed by atoms with Gasteiger partial charge in [-0.05, 0) is 36.8 Å². The molecular formula is C24H31N3O4S. The fourth-order valence-corrected chi connectivity index (χ4v) is 5.20. The van der Waals surface area contributed by atoms with E-state index < -0.39 is 6.04 Å². The van der Waals surface area contributed by atoms with E-state index in [1.165, 1.54) is 0 Å². The quantitative estimate of drug-likeness (QED) is 0.546. The number of hydrogen-bond acceptors (Lipinski definition) is 6. The summed E-state index contributed by atoms with van der Waals surface area (Å²) in [6.45, 7) is 2.49. The van der Waals surface area contributed by atoms with Crippen LogP contribution in [0, 0.1) is 0 Å². The molecule has 1 aliphatic rings. The average Bonchev–Trinajstić information content (AvgIpc) is 3.26. The molecule has 0 bridgehead atoms. The Morgan fingerprint density at radius 1 is 1.16 bits per heavy atom. The maximum atomic E-state index is 13.6. The smallest absolute Gasteiger partial charge is 0.255 e. The normalized spacial score (nSPS) is 17.8. The van der Waals surface area contributed by atoms with Gasteiger partial charge in [-0.15, -0.1) is 11.8 Å². The third-order valence-electron chi connectivity index (χ3n) is 5.48. The lowest BCUT2D eigenvalue weighted by molar-refractivity contribution is -0.125. The van der Waals surface area contributed by atoms with E-state index in [1.807, 2.05) is 18.2 Å². The lowest BCUT2D eigenvalue weighted by Crippen LogP contribution is -2.49. The molecule has 1 fully saturated rings. The minimum absolute atomic E-state index is 0.0345. The first-order valence-electron chi connectivity index (χ1n) is 10.9. The van der Waals surface area contributed by atoms with Crippen molar-refractivity contribution in [2.24, 2.45) is 0 Å². The molecule has 1 aliphatic heterocycles. The Balaban J connectivity index is 1.80. The molecule has 3 rings (SSSR count). The second-order valence-corrected chi connectivity index (χ2v) is 8.83. The van der Waals surface area contributed by atoms with E-state index in [0.29, 0.717) is 29.4 Å². The predicted octanol–water partition coefficient (Wildman–Crippen LogP) is 3.88. The van der Waals surface area contributed by atoms with Gasteiger partial charge < -0.3 is 19.7 Å². The molecule has 0 saturated carbocycles. The summed E-state index contributed by atoms with van der Waals surface area (Å²) in [4.78, 5) is 32.6. The molecule has 2 unspecified atom stereocenters. The molecule has 2 atom stereocenters. The topological polar surface area (TPSA) is 80.8 Å². The monoisotopic (exact) mass is 457 g/mol. The lowest BCUT2D eigenvalue weighted by atomic mass is 10.1. The number of carbonyl (C=O) groups excluding carboxylic acids is 2. The largest absolute Gasteiger partial charge is 0.493 e. The van der Waals surface area contributed by atoms with Gasteiger partial charge in [-0.25, -0.2) is 0 Å². The van der Waals surface area contributed by atoms with Crippen molar-refractivity contribution in [2.45, 2.75) is 50.6 Å². The molecule has 1 aromatic heterocycles. The van der Waals surface area contributed by atoms with Crippen molar-refractivity contribution in [3.8, 4) is 11.5 Å². The number of benzene rings is 1. The van der Waals surface area contributed by atoms with Gasteiger partial charge in [-0.2, -0.15) is 0 Å². The number of rotatable bonds is 10. The van der Waals surface area contributed by atoms with Crippen LogP contribution in [0.15, 0.2) is 42.6 Å². The number of hydrogen-bond donors (Lipinski definition) is 1. The molecule has 7 nitrogen and oxygen atoms in total. The van der Waals surface area contributed by atoms with Crippen LogP contribution in [0.2, 0.25) is 0 Å². The van der Waals surface area contributed by atoms with Crippen LogP contribution in [0.1, 0.15) is 48.7 Å². The van der Waals surface area contributed by atoms with Gasteiger partial charge in [0.1, 0.15) is 6.04 Å². The van der Waals surface area contributed by atoms with Crippen LogP contribution in [0.4, 0.5) is 0 Å². The molecule has 32 heavy (non-hydrogen) atoms. The van der Waals surface area contributed by atoms with Crippen LogP contribution in [0.3, 0.4) is 0 Å². The number of amides is 2. The number of thioether (sulfide) groups is 1. The van der Waals surface area contributed by atoms with Crippen molar-refractivity contribution >= 4 is 23.6 Å². The summed E-state index contributed by atoms with van der Waals surface area (Å²) in [5.41, 5.74) is 1.26. The van der Waals surface area contributed by atoms with Crippen LogP contribution in [0.25, 0.3) is 0 Å². The molecule has 172 valence electrons. The summed E-state index contributed by atoms with van der Waals surface area (Å²) in [6.07, 6.45) is 5.79. The fraction of sp³-hybridized carbons (Fsp3) is 0.458. The molecule has 0 radical (unpaired) electrons. The van der Waals surface area contributed by atoms with Gasteiger partial charge in [-0.1, -0.05) is 32.3 Å². The Bertz CT molecular complexity index is 909. The van der Waals surface area contributed by atoms with E-state index in [0.717, 1.165) is 31.4 Å². The number of nitrogens with zero attached hydrogens (tertiary/aromatic N) is 2. The number of methoxy groups -OCH3 is 2. The van der Waals surface area contributed by atoms with Crippen LogP contribution in [-0.2, 0) is 11.3 Å². The van der Waals surface area contributed by atoms with Crippen molar-refractivity contribution in [3.05, 3.63) is 53.9 Å². The summed E-state index contributed by atoms with van der Waals surface area (Å²) < 4.78 is 10.7. The SMILES string of the molecule is CCCCCC1SCC(C(=O)NCc2ccccn2)N1C(=O)c1ccc(OC)c(OC)c1. The van der Waals surface area contributed by atoms with E-state index >= 15 is 0 Å². The summed E-state index contributed by atoms with van der Waals surface area (Å²) >= 11 is 1.67. The van der Waals surface area contributed by atoms with Crippen LogP contribution < -0.4 is 14.8 Å². The Morgan fingerprint density at radius 2 is 1.97 bits per heavy atom. The average molecular weight is 458 g/mol. The van der Waals surface area contributed by atoms with E-state index in [2.05, 4.69) is 17.2 Å². The summed E-state index contributed by atoms with van der Waals surface area (Å²) in [5, 5.41) is 2.92. The zero-order chi connectivity index (χ0) is 22.9. The number of pyridine rings is 1. The first-order chi connectivity index (χ1) is 15.6. The van der Waals surface area contributed by atoms with Gasteiger partial charge >= 0.3 is 0 Å². The highest BCUT2D eigenvalue weighted by Crippen LogP contribution is 2.35. The Labute approximate surface area is 193 Å². The van der Waals surface area contributed by atoms with Gasteiger partial charge in [0.15, 0.2) is 11.5 Å². The highest BCUT2D eigenvalue weighted by atomic mass is 32.2. The molecule has 1 N–H and O–H groups in total. The van der Waals surface area contributed by atoms with Gasteiger partial charge in [0, 0.05) is 17.5 Å². The number of carbonyl (C=O) groups is 2. The van der Waals surface area contributed by atoms with Crippen molar-refractivity contribution in [1.29, 1.82) is 0 Å². The molecule has 0 spiro atoms. The molecule has 1 aromatic carbocycles. The molecule has 2 heterocycles. The van der Waals surface area contributed by atoms with E-state index in [9.17, 15) is 9.59 Å². The van der Waals surface area contributed by atoms with Gasteiger partial charge in [0.05, 0.1) is 31.8 Å². The second-order valence-electron chi connectivity index (χ2n) is 7.62. The minimum Gasteiger partial charge on any atom is -0.493 e. The molecule has 0 aliphatic carbocycles. The third kappa shape index (κ3) is 5.73. The van der Waals surface area contributed by atoms with Crippen LogP contribution >= 0.6 is 11.8 Å². The maximum Gasteiger partial charge on any atom is 0.255 e. The highest BCUT2D eigenvalue weighted by molar-refractivity contribution is 8.00. The van der Waals surface area contributed by atoms with Crippen molar-refractivity contribution in [3.63, 3.8) is 0 Å². The van der Waals surface area contributed by atoms with E-state index in [1.54, 1.807) is 55.3 Å². The molecule has 1 saturated heterocycles. The fourth-order valence-electron chi connectivity index (χ4n) is 3.75. The number of aromatic nitrogens is 1. The summed E-state index contributed by atoms with van der Waals surface area (Å²) in [5.74, 6) is 1.29. The maximum absolute atomic E-state index is 13.6. The Hall–Kier alpha value is -2.74. The molecule has 2 amide bonds. The summed E-state index contributed by atoms with van der Waals surface area (Å²) in [6, 6.07) is 10.2. The first kappa shape index (κ1) is 23.9. The zero-order valence-corrected chi connectivity index (χ0v) is 19.7. The minimum atomic E-state index is -0.532. The molecular weight excluding hydrogens is 426 g/mol. The predicted molar refractivity (Wildman–Crippen MR) is 126 cm³/mol. The number of unbranched alkanes of at least 4 members (excludes halogenated alkanes) is 2. The van der Waals surface area contributed by atoms with E-state index in [4.69, 9.17) is 9.47 Å². The molecule has 2 aromatic rings. The van der Waals surface area contributed by atoms with Gasteiger partial charge in [0.25, 0.3) is 5.91 Å². The van der Waals surface area contributed by atoms with Crippen molar-refractivity contribution < 1.29 is 19.1 Å². The van der Waals surface area contributed by atoms with Crippen LogP contribution in [-0.4, -0.2) is 53.1 Å². The zero-order valence-electron chi connectivity index (χ0n) is 18.9. The Morgan fingerprint density at radius 3 is 2.66 bits per heavy atom. The molecule has 8 heteroatoms. The van der Waals surface area contributed by atoms with E-state index in [-0.39, 0.29) is 17.2 Å². The van der Waals surface area contributed by atoms with Crippen molar-refractivity contribution in [2.75, 3.05) is 20.0 Å². The van der Waals surface area contributed by atoms with Crippen molar-refractivity contribution in [1.82, 2.24) is 15.2 Å². The second kappa shape index (κ2) is 11.8. The Kier molecular flexibility index (Phi) is 8.79. The summed E-state index contributed by atoms with van der Waals surface area (Å²) in [7, 11) is 3.10. The number of ether oxygens (including phenoxy) is 2.